The Morgan fingerprint density at radius 1 is 0.971 bits per heavy atom. The summed E-state index contributed by atoms with van der Waals surface area (Å²) in [6.07, 6.45) is 8.78. The van der Waals surface area contributed by atoms with E-state index in [0.717, 1.165) is 67.8 Å². The molecule has 0 radical (unpaired) electrons. The molecule has 1 heterocycles. The number of anilines is 1. The van der Waals surface area contributed by atoms with Gasteiger partial charge in [0, 0.05) is 42.9 Å². The monoisotopic (exact) mass is 476 g/mol. The van der Waals surface area contributed by atoms with Crippen LogP contribution in [0.25, 0.3) is 6.08 Å². The molecule has 0 amide bonds. The van der Waals surface area contributed by atoms with Gasteiger partial charge in [0.2, 0.25) is 0 Å². The van der Waals surface area contributed by atoms with E-state index in [0.29, 0.717) is 24.5 Å². The zero-order valence-electron chi connectivity index (χ0n) is 21.6. The smallest absolute Gasteiger partial charge is 0.189 e. The maximum Gasteiger partial charge on any atom is 0.189 e. The summed E-state index contributed by atoms with van der Waals surface area (Å²) in [7, 11) is 1.66. The topological polar surface area (TPSA) is 42.0 Å². The number of carbonyl (C=O) groups excluding carboxylic acids is 1. The van der Waals surface area contributed by atoms with Crippen LogP contribution in [-0.2, 0) is 6.42 Å². The summed E-state index contributed by atoms with van der Waals surface area (Å²) < 4.78 is 11.7. The van der Waals surface area contributed by atoms with E-state index in [1.165, 1.54) is 24.9 Å². The zero-order valence-corrected chi connectivity index (χ0v) is 21.6. The first kappa shape index (κ1) is 25.3. The van der Waals surface area contributed by atoms with E-state index >= 15 is 0 Å². The van der Waals surface area contributed by atoms with Gasteiger partial charge in [0.15, 0.2) is 17.3 Å². The molecule has 1 aliphatic carbocycles. The summed E-state index contributed by atoms with van der Waals surface area (Å²) in [5.41, 5.74) is 4.86. The van der Waals surface area contributed by atoms with Gasteiger partial charge in [0.25, 0.3) is 0 Å². The van der Waals surface area contributed by atoms with E-state index in [1.807, 2.05) is 18.2 Å². The number of benzene rings is 2. The van der Waals surface area contributed by atoms with E-state index in [9.17, 15) is 4.79 Å². The van der Waals surface area contributed by atoms with Gasteiger partial charge in [-0.3, -0.25) is 9.69 Å². The number of ether oxygens (including phenoxy) is 2. The normalized spacial score (nSPS) is 17.0. The fourth-order valence-electron chi connectivity index (χ4n) is 5.17. The fourth-order valence-corrected chi connectivity index (χ4v) is 5.17. The third-order valence-corrected chi connectivity index (χ3v) is 7.01. The number of fused-ring (bicyclic) bond motifs is 1. The number of hydrogen-bond donors (Lipinski definition) is 0. The molecule has 2 aliphatic rings. The molecule has 2 aromatic rings. The lowest BCUT2D eigenvalue weighted by Crippen LogP contribution is -2.33. The molecule has 0 bridgehead atoms. The Kier molecular flexibility index (Phi) is 8.86. The summed E-state index contributed by atoms with van der Waals surface area (Å²) in [6.45, 7) is 10.4. The van der Waals surface area contributed by atoms with E-state index < -0.39 is 0 Å². The molecule has 0 aromatic heterocycles. The van der Waals surface area contributed by atoms with Crippen molar-refractivity contribution < 1.29 is 14.3 Å². The average molecular weight is 477 g/mol. The second kappa shape index (κ2) is 12.3. The molecule has 0 spiro atoms. The Morgan fingerprint density at radius 2 is 1.69 bits per heavy atom. The molecule has 188 valence electrons. The SMILES string of the molecule is CCCN(CCC)c1ccc(/C=C2\Cc3cc(OC)c(OCCN4CCCCC4)cc3C2=O)cc1. The van der Waals surface area contributed by atoms with Crippen LogP contribution in [0.4, 0.5) is 5.69 Å². The minimum Gasteiger partial charge on any atom is -0.493 e. The predicted octanol–water partition coefficient (Wildman–Crippen LogP) is 6.01. The molecule has 0 unspecified atom stereocenters. The Bertz CT molecular complexity index is 1020. The number of likely N-dealkylation sites (tertiary alicyclic amines) is 1. The van der Waals surface area contributed by atoms with Crippen molar-refractivity contribution in [2.45, 2.75) is 52.4 Å². The zero-order chi connectivity index (χ0) is 24.6. The summed E-state index contributed by atoms with van der Waals surface area (Å²) >= 11 is 0. The number of carbonyl (C=O) groups is 1. The first-order chi connectivity index (χ1) is 17.1. The van der Waals surface area contributed by atoms with Gasteiger partial charge in [-0.25, -0.2) is 0 Å². The Balaban J connectivity index is 1.45. The first-order valence-electron chi connectivity index (χ1n) is 13.3. The molecule has 1 fully saturated rings. The lowest BCUT2D eigenvalue weighted by Gasteiger charge is -2.26. The van der Waals surface area contributed by atoms with Gasteiger partial charge in [-0.2, -0.15) is 0 Å². The molecule has 0 saturated carbocycles. The minimum atomic E-state index is 0.0891. The predicted molar refractivity (Wildman–Crippen MR) is 144 cm³/mol. The van der Waals surface area contributed by atoms with E-state index in [4.69, 9.17) is 9.47 Å². The Labute approximate surface area is 210 Å². The van der Waals surface area contributed by atoms with Crippen molar-refractivity contribution in [2.24, 2.45) is 0 Å². The first-order valence-corrected chi connectivity index (χ1v) is 13.3. The van der Waals surface area contributed by atoms with Gasteiger partial charge < -0.3 is 14.4 Å². The third-order valence-electron chi connectivity index (χ3n) is 7.01. The van der Waals surface area contributed by atoms with Crippen molar-refractivity contribution in [2.75, 3.05) is 51.3 Å². The number of nitrogens with zero attached hydrogens (tertiary/aromatic N) is 2. The highest BCUT2D eigenvalue weighted by molar-refractivity contribution is 6.16. The summed E-state index contributed by atoms with van der Waals surface area (Å²) in [6, 6.07) is 12.4. The number of Topliss-reactive ketones (excluding diaryl/α,β-unsaturated/α-hetero) is 1. The number of methoxy groups -OCH3 is 1. The van der Waals surface area contributed by atoms with Crippen molar-refractivity contribution in [3.05, 3.63) is 58.7 Å². The lowest BCUT2D eigenvalue weighted by atomic mass is 10.1. The van der Waals surface area contributed by atoms with Gasteiger partial charge >= 0.3 is 0 Å². The van der Waals surface area contributed by atoms with Gasteiger partial charge in [-0.05, 0) is 80.2 Å². The summed E-state index contributed by atoms with van der Waals surface area (Å²) in [4.78, 5) is 18.1. The molecular weight excluding hydrogens is 436 g/mol. The molecule has 0 N–H and O–H groups in total. The van der Waals surface area contributed by atoms with E-state index in [1.54, 1.807) is 7.11 Å². The third kappa shape index (κ3) is 6.26. The van der Waals surface area contributed by atoms with Gasteiger partial charge in [-0.1, -0.05) is 32.4 Å². The van der Waals surface area contributed by atoms with Crippen molar-refractivity contribution in [3.8, 4) is 11.5 Å². The van der Waals surface area contributed by atoms with Crippen LogP contribution in [0, 0.1) is 0 Å². The van der Waals surface area contributed by atoms with E-state index in [2.05, 4.69) is 47.9 Å². The molecule has 2 aromatic carbocycles. The van der Waals surface area contributed by atoms with Crippen molar-refractivity contribution >= 4 is 17.5 Å². The quantitative estimate of drug-likeness (QED) is 0.372. The second-order valence-electron chi connectivity index (χ2n) is 9.67. The number of hydrogen-bond acceptors (Lipinski definition) is 5. The maximum atomic E-state index is 13.2. The number of piperidine rings is 1. The van der Waals surface area contributed by atoms with Gasteiger partial charge in [0.05, 0.1) is 7.11 Å². The van der Waals surface area contributed by atoms with Crippen molar-refractivity contribution in [1.29, 1.82) is 0 Å². The van der Waals surface area contributed by atoms with Crippen LogP contribution in [0.15, 0.2) is 42.0 Å². The fraction of sp³-hybridized carbons (Fsp3) is 0.500. The number of rotatable bonds is 11. The van der Waals surface area contributed by atoms with Gasteiger partial charge in [-0.15, -0.1) is 0 Å². The van der Waals surface area contributed by atoms with Crippen LogP contribution in [-0.4, -0.2) is 57.1 Å². The summed E-state index contributed by atoms with van der Waals surface area (Å²) in [5.74, 6) is 1.45. The van der Waals surface area contributed by atoms with Crippen LogP contribution in [0.3, 0.4) is 0 Å². The largest absolute Gasteiger partial charge is 0.493 e. The molecular formula is C30H40N2O3. The molecule has 1 saturated heterocycles. The summed E-state index contributed by atoms with van der Waals surface area (Å²) in [5, 5.41) is 0. The van der Waals surface area contributed by atoms with Gasteiger partial charge in [0.1, 0.15) is 6.61 Å². The van der Waals surface area contributed by atoms with E-state index in [-0.39, 0.29) is 5.78 Å². The van der Waals surface area contributed by atoms with Crippen molar-refractivity contribution in [3.63, 3.8) is 0 Å². The van der Waals surface area contributed by atoms with Crippen molar-refractivity contribution in [1.82, 2.24) is 4.90 Å². The highest BCUT2D eigenvalue weighted by Gasteiger charge is 2.27. The van der Waals surface area contributed by atoms with Crippen LogP contribution < -0.4 is 14.4 Å². The molecule has 35 heavy (non-hydrogen) atoms. The van der Waals surface area contributed by atoms with Crippen LogP contribution in [0.1, 0.15) is 67.4 Å². The van der Waals surface area contributed by atoms with Crippen LogP contribution in [0.2, 0.25) is 0 Å². The van der Waals surface area contributed by atoms with Crippen LogP contribution >= 0.6 is 0 Å². The number of ketones is 1. The molecule has 5 heteroatoms. The lowest BCUT2D eigenvalue weighted by molar-refractivity contribution is 0.104. The highest BCUT2D eigenvalue weighted by atomic mass is 16.5. The van der Waals surface area contributed by atoms with Crippen LogP contribution in [0.5, 0.6) is 11.5 Å². The highest BCUT2D eigenvalue weighted by Crippen LogP contribution is 2.37. The Morgan fingerprint density at radius 3 is 2.34 bits per heavy atom. The standard InChI is InChI=1S/C30H40N2O3/c1-4-13-32(14-5-2)26-11-9-23(10-12-26)19-25-20-24-21-28(34-3)29(22-27(24)30(25)33)35-18-17-31-15-7-6-8-16-31/h9-12,19,21-22H,4-8,13-18,20H2,1-3H3/b25-19+. The molecule has 1 aliphatic heterocycles. The Hall–Kier alpha value is -2.79. The minimum absolute atomic E-state index is 0.0891. The molecule has 4 rings (SSSR count). The second-order valence-corrected chi connectivity index (χ2v) is 9.67. The molecule has 5 nitrogen and oxygen atoms in total. The number of allylic oxidation sites excluding steroid dienone is 1. The maximum absolute atomic E-state index is 13.2. The average Bonchev–Trinajstić information content (AvgIpc) is 3.18. The molecule has 0 atom stereocenters.